The minimum atomic E-state index is -0.987. The molecule has 2 amide bonds. The number of para-hydroxylation sites is 2. The monoisotopic (exact) mass is 418 g/mol. The fourth-order valence-electron chi connectivity index (χ4n) is 4.23. The van der Waals surface area contributed by atoms with Crippen molar-refractivity contribution in [1.82, 2.24) is 19.8 Å². The average Bonchev–Trinajstić information content (AvgIpc) is 3.12. The fourth-order valence-corrected chi connectivity index (χ4v) is 4.23. The Kier molecular flexibility index (Phi) is 5.81. The molecule has 1 atom stereocenters. The Morgan fingerprint density at radius 1 is 1.13 bits per heavy atom. The zero-order valence-corrected chi connectivity index (χ0v) is 18.5. The number of hydrogen-bond donors (Lipinski definition) is 1. The Hall–Kier alpha value is -3.15. The van der Waals surface area contributed by atoms with Crippen molar-refractivity contribution in [1.29, 1.82) is 0 Å². The highest BCUT2D eigenvalue weighted by Crippen LogP contribution is 2.30. The summed E-state index contributed by atoms with van der Waals surface area (Å²) in [7, 11) is 0. The van der Waals surface area contributed by atoms with Gasteiger partial charge in [-0.1, -0.05) is 56.3 Å². The molecule has 6 heteroatoms. The second-order valence-corrected chi connectivity index (χ2v) is 8.91. The van der Waals surface area contributed by atoms with E-state index in [-0.39, 0.29) is 11.8 Å². The van der Waals surface area contributed by atoms with Crippen molar-refractivity contribution >= 4 is 22.8 Å². The lowest BCUT2D eigenvalue weighted by Gasteiger charge is -2.43. The molecule has 2 heterocycles. The molecule has 31 heavy (non-hydrogen) atoms. The first kappa shape index (κ1) is 21.1. The highest BCUT2D eigenvalue weighted by molar-refractivity contribution is 6.01. The van der Waals surface area contributed by atoms with Gasteiger partial charge in [-0.15, -0.1) is 0 Å². The molecule has 0 saturated carbocycles. The van der Waals surface area contributed by atoms with Crippen LogP contribution in [0.3, 0.4) is 0 Å². The normalized spacial score (nSPS) is 18.5. The van der Waals surface area contributed by atoms with E-state index >= 15 is 0 Å². The molecule has 0 fully saturated rings. The van der Waals surface area contributed by atoms with Gasteiger partial charge in [0.1, 0.15) is 5.54 Å². The first-order valence-electron chi connectivity index (χ1n) is 11.0. The zero-order valence-electron chi connectivity index (χ0n) is 18.5. The van der Waals surface area contributed by atoms with Gasteiger partial charge in [-0.3, -0.25) is 9.59 Å². The third-order valence-electron chi connectivity index (χ3n) is 6.12. The van der Waals surface area contributed by atoms with Gasteiger partial charge in [0.25, 0.3) is 5.91 Å². The number of hydrogen-bond acceptors (Lipinski definition) is 3. The zero-order chi connectivity index (χ0) is 22.0. The summed E-state index contributed by atoms with van der Waals surface area (Å²) in [5.74, 6) is 0.596. The summed E-state index contributed by atoms with van der Waals surface area (Å²) in [5, 5.41) is 3.08. The summed E-state index contributed by atoms with van der Waals surface area (Å²) in [5.41, 5.74) is 1.81. The summed E-state index contributed by atoms with van der Waals surface area (Å²) in [6.45, 7) is 7.59. The van der Waals surface area contributed by atoms with E-state index in [0.717, 1.165) is 23.0 Å². The third kappa shape index (κ3) is 4.07. The van der Waals surface area contributed by atoms with Crippen LogP contribution in [0.4, 0.5) is 0 Å². The number of carbonyl (C=O) groups is 2. The van der Waals surface area contributed by atoms with Crippen molar-refractivity contribution in [2.45, 2.75) is 45.7 Å². The lowest BCUT2D eigenvalue weighted by molar-refractivity contribution is -0.132. The van der Waals surface area contributed by atoms with Crippen molar-refractivity contribution in [3.05, 3.63) is 66.0 Å². The Balaban J connectivity index is 1.67. The van der Waals surface area contributed by atoms with Gasteiger partial charge in [0, 0.05) is 13.1 Å². The number of nitrogens with one attached hydrogen (secondary N) is 1. The standard InChI is InChI=1S/C25H30N4O2/c1-18(2)13-15-26-24(31)25(3)17-28-21-12-8-7-11-20(21)27-22(28)23(30)29(25)16-14-19-9-5-4-6-10-19/h4-12,18H,13-17H2,1-3H3,(H,26,31). The van der Waals surface area contributed by atoms with E-state index in [1.807, 2.05) is 66.1 Å². The summed E-state index contributed by atoms with van der Waals surface area (Å²) in [6.07, 6.45) is 1.58. The number of nitrogens with zero attached hydrogens (tertiary/aromatic N) is 3. The quantitative estimate of drug-likeness (QED) is 0.637. The molecule has 1 N–H and O–H groups in total. The van der Waals surface area contributed by atoms with Gasteiger partial charge in [0.15, 0.2) is 5.82 Å². The number of carbonyl (C=O) groups excluding carboxylic acids is 2. The molecular weight excluding hydrogens is 388 g/mol. The van der Waals surface area contributed by atoms with Crippen LogP contribution in [0.2, 0.25) is 0 Å². The second-order valence-electron chi connectivity index (χ2n) is 8.91. The molecule has 4 rings (SSSR count). The van der Waals surface area contributed by atoms with Gasteiger partial charge >= 0.3 is 0 Å². The van der Waals surface area contributed by atoms with Crippen molar-refractivity contribution in [2.75, 3.05) is 13.1 Å². The third-order valence-corrected chi connectivity index (χ3v) is 6.12. The average molecular weight is 419 g/mol. The van der Waals surface area contributed by atoms with Gasteiger partial charge in [-0.25, -0.2) is 4.98 Å². The number of aromatic nitrogens is 2. The molecule has 0 aliphatic carbocycles. The van der Waals surface area contributed by atoms with Crippen LogP contribution in [0.1, 0.15) is 43.4 Å². The molecule has 1 aliphatic rings. The van der Waals surface area contributed by atoms with Gasteiger partial charge in [-0.2, -0.15) is 0 Å². The van der Waals surface area contributed by atoms with E-state index in [9.17, 15) is 9.59 Å². The van der Waals surface area contributed by atoms with Crippen LogP contribution >= 0.6 is 0 Å². The summed E-state index contributed by atoms with van der Waals surface area (Å²) < 4.78 is 1.90. The number of benzene rings is 2. The lowest BCUT2D eigenvalue weighted by atomic mass is 9.94. The van der Waals surface area contributed by atoms with Crippen molar-refractivity contribution in [3.8, 4) is 0 Å². The molecule has 1 aromatic heterocycles. The molecule has 3 aromatic rings. The minimum Gasteiger partial charge on any atom is -0.354 e. The van der Waals surface area contributed by atoms with Crippen LogP contribution in [0.25, 0.3) is 11.0 Å². The highest BCUT2D eigenvalue weighted by Gasteiger charge is 2.48. The molecule has 162 valence electrons. The molecule has 0 spiro atoms. The molecule has 0 radical (unpaired) electrons. The van der Waals surface area contributed by atoms with Gasteiger partial charge < -0.3 is 14.8 Å². The van der Waals surface area contributed by atoms with E-state index in [0.29, 0.717) is 37.8 Å². The molecular formula is C25H30N4O2. The van der Waals surface area contributed by atoms with E-state index in [1.54, 1.807) is 4.90 Å². The Morgan fingerprint density at radius 3 is 2.58 bits per heavy atom. The number of amides is 2. The van der Waals surface area contributed by atoms with Gasteiger partial charge in [0.2, 0.25) is 5.91 Å². The molecule has 2 aromatic carbocycles. The predicted molar refractivity (Wildman–Crippen MR) is 122 cm³/mol. The van der Waals surface area contributed by atoms with Crippen molar-refractivity contribution in [3.63, 3.8) is 0 Å². The number of fused-ring (bicyclic) bond motifs is 3. The lowest BCUT2D eigenvalue weighted by Crippen LogP contribution is -2.64. The maximum absolute atomic E-state index is 13.6. The van der Waals surface area contributed by atoms with Crippen LogP contribution in [0.5, 0.6) is 0 Å². The van der Waals surface area contributed by atoms with Gasteiger partial charge in [0.05, 0.1) is 17.6 Å². The van der Waals surface area contributed by atoms with Crippen molar-refractivity contribution < 1.29 is 9.59 Å². The van der Waals surface area contributed by atoms with Crippen LogP contribution in [-0.2, 0) is 17.8 Å². The summed E-state index contributed by atoms with van der Waals surface area (Å²) in [4.78, 5) is 33.3. The largest absolute Gasteiger partial charge is 0.354 e. The number of rotatable bonds is 7. The predicted octanol–water partition coefficient (Wildman–Crippen LogP) is 3.66. The van der Waals surface area contributed by atoms with Crippen LogP contribution in [0, 0.1) is 5.92 Å². The Morgan fingerprint density at radius 2 is 1.84 bits per heavy atom. The summed E-state index contributed by atoms with van der Waals surface area (Å²) >= 11 is 0. The van der Waals surface area contributed by atoms with E-state index in [2.05, 4.69) is 24.1 Å². The molecule has 1 aliphatic heterocycles. The molecule has 1 unspecified atom stereocenters. The maximum Gasteiger partial charge on any atom is 0.290 e. The topological polar surface area (TPSA) is 67.2 Å². The maximum atomic E-state index is 13.6. The minimum absolute atomic E-state index is 0.113. The first-order valence-corrected chi connectivity index (χ1v) is 11.0. The Bertz CT molecular complexity index is 1090. The SMILES string of the molecule is CC(C)CCNC(=O)C1(C)Cn2c(nc3ccccc32)C(=O)N1CCc1ccccc1. The van der Waals surface area contributed by atoms with E-state index in [1.165, 1.54) is 0 Å². The number of imidazole rings is 1. The highest BCUT2D eigenvalue weighted by atomic mass is 16.2. The fraction of sp³-hybridized carbons (Fsp3) is 0.400. The summed E-state index contributed by atoms with van der Waals surface area (Å²) in [6, 6.07) is 17.8. The smallest absolute Gasteiger partial charge is 0.290 e. The first-order chi connectivity index (χ1) is 14.9. The van der Waals surface area contributed by atoms with E-state index in [4.69, 9.17) is 0 Å². The van der Waals surface area contributed by atoms with Crippen LogP contribution in [-0.4, -0.2) is 44.9 Å². The molecule has 0 saturated heterocycles. The Labute approximate surface area is 183 Å². The second kappa shape index (κ2) is 8.53. The van der Waals surface area contributed by atoms with Gasteiger partial charge in [-0.05, 0) is 43.4 Å². The van der Waals surface area contributed by atoms with Crippen molar-refractivity contribution in [2.24, 2.45) is 5.92 Å². The van der Waals surface area contributed by atoms with E-state index < -0.39 is 5.54 Å². The van der Waals surface area contributed by atoms with Crippen LogP contribution < -0.4 is 5.32 Å². The molecule has 0 bridgehead atoms. The molecule has 6 nitrogen and oxygen atoms in total. The van der Waals surface area contributed by atoms with Crippen LogP contribution in [0.15, 0.2) is 54.6 Å².